The van der Waals surface area contributed by atoms with Crippen molar-refractivity contribution in [2.45, 2.75) is 33.4 Å². The fraction of sp³-hybridized carbons (Fsp3) is 0.100. The Hall–Kier alpha value is -2.44. The van der Waals surface area contributed by atoms with Gasteiger partial charge in [-0.15, -0.1) is 0 Å². The van der Waals surface area contributed by atoms with Crippen molar-refractivity contribution in [3.8, 4) is 0 Å². The number of sulfone groups is 2. The molecular formula is C20H17O4S2. The quantitative estimate of drug-likeness (QED) is 0.686. The molecular weight excluding hydrogens is 368 g/mol. The zero-order valence-electron chi connectivity index (χ0n) is 14.3. The van der Waals surface area contributed by atoms with Crippen LogP contribution in [0.25, 0.3) is 0 Å². The summed E-state index contributed by atoms with van der Waals surface area (Å²) in [6, 6.07) is 19.3. The highest BCUT2D eigenvalue weighted by molar-refractivity contribution is 7.92. The molecule has 0 aliphatic rings. The smallest absolute Gasteiger partial charge is 0.207 e. The lowest BCUT2D eigenvalue weighted by Crippen LogP contribution is -2.06. The molecule has 133 valence electrons. The van der Waals surface area contributed by atoms with Gasteiger partial charge in [0.2, 0.25) is 19.7 Å². The van der Waals surface area contributed by atoms with Gasteiger partial charge in [0.15, 0.2) is 0 Å². The van der Waals surface area contributed by atoms with Gasteiger partial charge >= 0.3 is 0 Å². The van der Waals surface area contributed by atoms with Crippen LogP contribution < -0.4 is 0 Å². The number of aryl methyl sites for hydroxylation is 2. The first-order chi connectivity index (χ1) is 12.2. The molecule has 0 unspecified atom stereocenters. The molecule has 6 heteroatoms. The summed E-state index contributed by atoms with van der Waals surface area (Å²) in [7, 11) is -7.66. The van der Waals surface area contributed by atoms with Gasteiger partial charge in [0.25, 0.3) is 0 Å². The van der Waals surface area contributed by atoms with Gasteiger partial charge in [-0.25, -0.2) is 16.8 Å². The predicted molar refractivity (Wildman–Crippen MR) is 98.5 cm³/mol. The molecule has 26 heavy (non-hydrogen) atoms. The highest BCUT2D eigenvalue weighted by atomic mass is 32.2. The molecule has 1 radical (unpaired) electrons. The van der Waals surface area contributed by atoms with Gasteiger partial charge in [-0.05, 0) is 50.2 Å². The Balaban J connectivity index is 2.08. The Labute approximate surface area is 154 Å². The van der Waals surface area contributed by atoms with E-state index in [1.807, 2.05) is 13.8 Å². The van der Waals surface area contributed by atoms with E-state index in [4.69, 9.17) is 0 Å². The van der Waals surface area contributed by atoms with E-state index in [0.29, 0.717) is 0 Å². The predicted octanol–water partition coefficient (Wildman–Crippen LogP) is 3.77. The van der Waals surface area contributed by atoms with Gasteiger partial charge in [-0.3, -0.25) is 0 Å². The normalized spacial score (nSPS) is 12.1. The molecule has 0 aromatic heterocycles. The number of benzene rings is 3. The maximum absolute atomic E-state index is 12.8. The number of hydrogen-bond donors (Lipinski definition) is 0. The van der Waals surface area contributed by atoms with Crippen molar-refractivity contribution in [1.29, 1.82) is 0 Å². The minimum Gasteiger partial charge on any atom is -0.219 e. The maximum Gasteiger partial charge on any atom is 0.207 e. The van der Waals surface area contributed by atoms with Crippen molar-refractivity contribution < 1.29 is 16.8 Å². The molecule has 0 heterocycles. The number of rotatable bonds is 4. The largest absolute Gasteiger partial charge is 0.219 e. The van der Waals surface area contributed by atoms with Crippen LogP contribution in [0.2, 0.25) is 0 Å². The van der Waals surface area contributed by atoms with E-state index >= 15 is 0 Å². The van der Waals surface area contributed by atoms with Crippen LogP contribution in [0, 0.1) is 19.9 Å². The zero-order valence-corrected chi connectivity index (χ0v) is 15.9. The molecule has 0 N–H and O–H groups in total. The average Bonchev–Trinajstić information content (AvgIpc) is 2.62. The van der Waals surface area contributed by atoms with E-state index in [9.17, 15) is 16.8 Å². The van der Waals surface area contributed by atoms with Crippen molar-refractivity contribution in [2.24, 2.45) is 0 Å². The van der Waals surface area contributed by atoms with Gasteiger partial charge in [0.1, 0.15) is 0 Å². The van der Waals surface area contributed by atoms with E-state index in [2.05, 4.69) is 6.07 Å². The molecule has 0 aliphatic carbocycles. The summed E-state index contributed by atoms with van der Waals surface area (Å²) in [6.45, 7) is 3.72. The van der Waals surface area contributed by atoms with Crippen molar-refractivity contribution in [3.63, 3.8) is 0 Å². The van der Waals surface area contributed by atoms with Crippen LogP contribution in [-0.4, -0.2) is 16.8 Å². The highest BCUT2D eigenvalue weighted by Crippen LogP contribution is 2.26. The monoisotopic (exact) mass is 385 g/mol. The van der Waals surface area contributed by atoms with Crippen LogP contribution in [0.5, 0.6) is 0 Å². The summed E-state index contributed by atoms with van der Waals surface area (Å²) >= 11 is 0. The van der Waals surface area contributed by atoms with Gasteiger partial charge in [0, 0.05) is 6.07 Å². The van der Waals surface area contributed by atoms with E-state index in [1.54, 1.807) is 24.3 Å². The summed E-state index contributed by atoms with van der Waals surface area (Å²) in [5.41, 5.74) is 1.87. The first-order valence-corrected chi connectivity index (χ1v) is 10.8. The van der Waals surface area contributed by atoms with E-state index in [0.717, 1.165) is 17.2 Å². The molecule has 3 aromatic carbocycles. The van der Waals surface area contributed by atoms with Crippen LogP contribution >= 0.6 is 0 Å². The van der Waals surface area contributed by atoms with Crippen LogP contribution in [0.15, 0.2) is 86.3 Å². The van der Waals surface area contributed by atoms with Crippen molar-refractivity contribution in [3.05, 3.63) is 83.9 Å². The standard InChI is InChI=1S/C20H17O4S2/c1-15-6-10-17(11-7-15)25(21,22)19-4-3-5-20(14-19)26(23,24)18-12-8-16(2)9-13-18/h3-4,6-14H,1-2H3. The second-order valence-corrected chi connectivity index (χ2v) is 9.89. The van der Waals surface area contributed by atoms with E-state index in [-0.39, 0.29) is 19.6 Å². The van der Waals surface area contributed by atoms with Crippen molar-refractivity contribution in [2.75, 3.05) is 0 Å². The van der Waals surface area contributed by atoms with Gasteiger partial charge in [0.05, 0.1) is 19.6 Å². The number of hydrogen-bond acceptors (Lipinski definition) is 4. The molecule has 0 saturated heterocycles. The Bertz CT molecular complexity index is 1050. The van der Waals surface area contributed by atoms with Gasteiger partial charge in [-0.1, -0.05) is 41.5 Å². The second kappa shape index (κ2) is 6.70. The fourth-order valence-corrected chi connectivity index (χ4v) is 5.06. The summed E-state index contributed by atoms with van der Waals surface area (Å²) in [5.74, 6) is 0. The van der Waals surface area contributed by atoms with E-state index < -0.39 is 19.7 Å². The van der Waals surface area contributed by atoms with Crippen LogP contribution in [0.1, 0.15) is 11.1 Å². The lowest BCUT2D eigenvalue weighted by Gasteiger charge is -2.08. The Morgan fingerprint density at radius 2 is 1.08 bits per heavy atom. The summed E-state index contributed by atoms with van der Waals surface area (Å²) in [6.07, 6.45) is 0. The first kappa shape index (κ1) is 18.4. The molecule has 0 spiro atoms. The minimum absolute atomic E-state index is 0.0780. The van der Waals surface area contributed by atoms with Gasteiger partial charge in [-0.2, -0.15) is 0 Å². The minimum atomic E-state index is -3.85. The van der Waals surface area contributed by atoms with E-state index in [1.165, 1.54) is 36.4 Å². The lowest BCUT2D eigenvalue weighted by atomic mass is 10.2. The molecule has 3 rings (SSSR count). The van der Waals surface area contributed by atoms with Crippen molar-refractivity contribution in [1.82, 2.24) is 0 Å². The molecule has 0 atom stereocenters. The summed E-state index contributed by atoms with van der Waals surface area (Å²) < 4.78 is 51.2. The topological polar surface area (TPSA) is 68.3 Å². The van der Waals surface area contributed by atoms with Crippen LogP contribution in [0.3, 0.4) is 0 Å². The summed E-state index contributed by atoms with van der Waals surface area (Å²) in [4.78, 5) is -0.0300. The Kier molecular flexibility index (Phi) is 4.73. The Morgan fingerprint density at radius 1 is 0.615 bits per heavy atom. The maximum atomic E-state index is 12.8. The highest BCUT2D eigenvalue weighted by Gasteiger charge is 2.23. The molecule has 4 nitrogen and oxygen atoms in total. The molecule has 3 aromatic rings. The third kappa shape index (κ3) is 3.43. The second-order valence-electron chi connectivity index (χ2n) is 6.02. The molecule has 0 aliphatic heterocycles. The average molecular weight is 385 g/mol. The third-order valence-electron chi connectivity index (χ3n) is 4.01. The zero-order chi connectivity index (χ0) is 18.9. The van der Waals surface area contributed by atoms with Crippen LogP contribution in [-0.2, 0) is 19.7 Å². The summed E-state index contributed by atoms with van der Waals surface area (Å²) in [5, 5.41) is 0. The molecule has 0 bridgehead atoms. The third-order valence-corrected chi connectivity index (χ3v) is 7.48. The molecule has 0 amide bonds. The Morgan fingerprint density at radius 3 is 1.58 bits per heavy atom. The fourth-order valence-electron chi connectivity index (χ4n) is 2.45. The first-order valence-electron chi connectivity index (χ1n) is 7.86. The van der Waals surface area contributed by atoms with Gasteiger partial charge < -0.3 is 0 Å². The van der Waals surface area contributed by atoms with Crippen molar-refractivity contribution >= 4 is 19.7 Å². The SMILES string of the molecule is Cc1ccc(S(=O)(=O)c2[c]ccc(S(=O)(=O)c3ccc(C)cc3)c2)cc1. The molecule has 0 saturated carbocycles. The van der Waals surface area contributed by atoms with Crippen LogP contribution in [0.4, 0.5) is 0 Å². The lowest BCUT2D eigenvalue weighted by molar-refractivity contribution is 0.594. The molecule has 0 fully saturated rings.